The molecule has 0 saturated carbocycles. The molecule has 3 aromatic rings. The van der Waals surface area contributed by atoms with Crippen LogP contribution >= 0.6 is 39.3 Å². The van der Waals surface area contributed by atoms with Crippen LogP contribution in [0.25, 0.3) is 0 Å². The van der Waals surface area contributed by atoms with Gasteiger partial charge in [0.1, 0.15) is 5.70 Å². The standard InChI is InChI=1S/C24H21BrClNO2S/c1-3-29-24(28)17(2)27(16-18-8-5-4-6-9-18)22-15-20(26)12-13-23(22)30-21-11-7-10-19(25)14-21/h4-15H,2-3,16H2,1H3. The van der Waals surface area contributed by atoms with Gasteiger partial charge in [-0.1, -0.05) is 82.3 Å². The smallest absolute Gasteiger partial charge is 0.354 e. The van der Waals surface area contributed by atoms with Crippen LogP contribution in [0.1, 0.15) is 12.5 Å². The van der Waals surface area contributed by atoms with Crippen molar-refractivity contribution in [2.45, 2.75) is 23.3 Å². The summed E-state index contributed by atoms with van der Waals surface area (Å²) in [5, 5.41) is 0.582. The molecule has 0 saturated heterocycles. The van der Waals surface area contributed by atoms with Crippen LogP contribution in [0.4, 0.5) is 5.69 Å². The number of hydrogen-bond donors (Lipinski definition) is 0. The number of anilines is 1. The molecule has 0 aromatic heterocycles. The average Bonchev–Trinajstić information content (AvgIpc) is 2.74. The molecule has 0 aliphatic carbocycles. The molecule has 154 valence electrons. The Balaban J connectivity index is 2.03. The maximum Gasteiger partial charge on any atom is 0.354 e. The van der Waals surface area contributed by atoms with Gasteiger partial charge in [0.15, 0.2) is 0 Å². The van der Waals surface area contributed by atoms with Crippen LogP contribution in [0.15, 0.2) is 99.3 Å². The summed E-state index contributed by atoms with van der Waals surface area (Å²) in [5.41, 5.74) is 2.11. The Morgan fingerprint density at radius 3 is 2.57 bits per heavy atom. The summed E-state index contributed by atoms with van der Waals surface area (Å²) in [6, 6.07) is 23.6. The van der Waals surface area contributed by atoms with Gasteiger partial charge in [-0.05, 0) is 48.9 Å². The summed E-state index contributed by atoms with van der Waals surface area (Å²) in [6.45, 7) is 6.56. The van der Waals surface area contributed by atoms with Gasteiger partial charge in [0.05, 0.1) is 12.3 Å². The average molecular weight is 503 g/mol. The minimum absolute atomic E-state index is 0.263. The Labute approximate surface area is 194 Å². The summed E-state index contributed by atoms with van der Waals surface area (Å²) in [4.78, 5) is 16.4. The molecule has 0 spiro atoms. The Morgan fingerprint density at radius 1 is 1.10 bits per heavy atom. The van der Waals surface area contributed by atoms with Gasteiger partial charge < -0.3 is 9.64 Å². The fraction of sp³-hybridized carbons (Fsp3) is 0.125. The van der Waals surface area contributed by atoms with E-state index in [1.54, 1.807) is 18.7 Å². The van der Waals surface area contributed by atoms with Gasteiger partial charge >= 0.3 is 5.97 Å². The number of carbonyl (C=O) groups is 1. The highest BCUT2D eigenvalue weighted by Gasteiger charge is 2.22. The second-order valence-electron chi connectivity index (χ2n) is 6.41. The second kappa shape index (κ2) is 10.7. The van der Waals surface area contributed by atoms with Gasteiger partial charge in [-0.25, -0.2) is 4.79 Å². The highest BCUT2D eigenvalue weighted by Crippen LogP contribution is 2.39. The fourth-order valence-electron chi connectivity index (χ4n) is 2.86. The molecular formula is C24H21BrClNO2S. The van der Waals surface area contributed by atoms with E-state index in [1.165, 1.54) is 0 Å². The van der Waals surface area contributed by atoms with E-state index < -0.39 is 5.97 Å². The Morgan fingerprint density at radius 2 is 1.87 bits per heavy atom. The SMILES string of the molecule is C=C(C(=O)OCC)N(Cc1ccccc1)c1cc(Cl)ccc1Sc1cccc(Br)c1. The molecule has 3 nitrogen and oxygen atoms in total. The summed E-state index contributed by atoms with van der Waals surface area (Å²) >= 11 is 11.5. The lowest BCUT2D eigenvalue weighted by molar-refractivity contribution is -0.138. The van der Waals surface area contributed by atoms with E-state index in [4.69, 9.17) is 16.3 Å². The van der Waals surface area contributed by atoms with Crippen LogP contribution in [0.3, 0.4) is 0 Å². The van der Waals surface area contributed by atoms with Crippen molar-refractivity contribution in [3.05, 3.63) is 100 Å². The molecule has 0 aliphatic rings. The maximum atomic E-state index is 12.5. The van der Waals surface area contributed by atoms with E-state index in [0.717, 1.165) is 25.5 Å². The number of benzene rings is 3. The lowest BCUT2D eigenvalue weighted by Crippen LogP contribution is -2.28. The highest BCUT2D eigenvalue weighted by molar-refractivity contribution is 9.10. The van der Waals surface area contributed by atoms with Crippen molar-refractivity contribution in [2.24, 2.45) is 0 Å². The predicted molar refractivity (Wildman–Crippen MR) is 128 cm³/mol. The van der Waals surface area contributed by atoms with Crippen molar-refractivity contribution in [1.29, 1.82) is 0 Å². The van der Waals surface area contributed by atoms with Gasteiger partial charge in [-0.3, -0.25) is 0 Å². The lowest BCUT2D eigenvalue weighted by Gasteiger charge is -2.28. The number of rotatable bonds is 8. The number of halogens is 2. The van der Waals surface area contributed by atoms with E-state index in [1.807, 2.05) is 77.7 Å². The van der Waals surface area contributed by atoms with Gasteiger partial charge in [-0.2, -0.15) is 0 Å². The van der Waals surface area contributed by atoms with Crippen LogP contribution in [0, 0.1) is 0 Å². The van der Waals surface area contributed by atoms with E-state index in [2.05, 4.69) is 22.5 Å². The fourth-order valence-corrected chi connectivity index (χ4v) is 4.58. The van der Waals surface area contributed by atoms with Gasteiger partial charge in [0.25, 0.3) is 0 Å². The number of hydrogen-bond acceptors (Lipinski definition) is 4. The number of nitrogens with zero attached hydrogens (tertiary/aromatic N) is 1. The normalized spacial score (nSPS) is 10.5. The zero-order chi connectivity index (χ0) is 21.5. The third-order valence-electron chi connectivity index (χ3n) is 4.26. The third-order valence-corrected chi connectivity index (χ3v) is 6.04. The predicted octanol–water partition coefficient (Wildman–Crippen LogP) is 7.34. The van der Waals surface area contributed by atoms with Crippen molar-refractivity contribution in [2.75, 3.05) is 11.5 Å². The van der Waals surface area contributed by atoms with Gasteiger partial charge in [0, 0.05) is 25.8 Å². The van der Waals surface area contributed by atoms with Gasteiger partial charge in [-0.15, -0.1) is 0 Å². The highest BCUT2D eigenvalue weighted by atomic mass is 79.9. The Hall–Kier alpha value is -2.21. The molecule has 3 aromatic carbocycles. The zero-order valence-corrected chi connectivity index (χ0v) is 19.6. The molecule has 0 aliphatic heterocycles. The number of carbonyl (C=O) groups excluding carboxylic acids is 1. The van der Waals surface area contributed by atoms with E-state index in [-0.39, 0.29) is 12.3 Å². The topological polar surface area (TPSA) is 29.5 Å². The van der Waals surface area contributed by atoms with Crippen molar-refractivity contribution in [1.82, 2.24) is 0 Å². The van der Waals surface area contributed by atoms with E-state index in [9.17, 15) is 4.79 Å². The zero-order valence-electron chi connectivity index (χ0n) is 16.5. The third kappa shape index (κ3) is 5.91. The summed E-state index contributed by atoms with van der Waals surface area (Å²) < 4.78 is 6.22. The van der Waals surface area contributed by atoms with Crippen LogP contribution < -0.4 is 4.90 Å². The largest absolute Gasteiger partial charge is 0.461 e. The van der Waals surface area contributed by atoms with Crippen molar-refractivity contribution >= 4 is 50.9 Å². The first-order valence-corrected chi connectivity index (χ1v) is 11.4. The first kappa shape index (κ1) is 22.5. The van der Waals surface area contributed by atoms with E-state index in [0.29, 0.717) is 11.6 Å². The molecule has 3 rings (SSSR count). The number of ether oxygens (including phenoxy) is 1. The van der Waals surface area contributed by atoms with Crippen molar-refractivity contribution < 1.29 is 9.53 Å². The van der Waals surface area contributed by atoms with Crippen molar-refractivity contribution in [3.8, 4) is 0 Å². The van der Waals surface area contributed by atoms with Crippen LogP contribution in [0.5, 0.6) is 0 Å². The molecule has 0 N–H and O–H groups in total. The molecule has 0 heterocycles. The summed E-state index contributed by atoms with van der Waals surface area (Å²) in [7, 11) is 0. The molecule has 30 heavy (non-hydrogen) atoms. The molecule has 0 atom stereocenters. The quantitative estimate of drug-likeness (QED) is 0.238. The van der Waals surface area contributed by atoms with E-state index >= 15 is 0 Å². The molecule has 0 unspecified atom stereocenters. The van der Waals surface area contributed by atoms with Crippen LogP contribution in [-0.2, 0) is 16.1 Å². The van der Waals surface area contributed by atoms with Gasteiger partial charge in [0.2, 0.25) is 0 Å². The monoisotopic (exact) mass is 501 g/mol. The first-order chi connectivity index (χ1) is 14.5. The van der Waals surface area contributed by atoms with Crippen LogP contribution in [-0.4, -0.2) is 12.6 Å². The molecule has 0 amide bonds. The summed E-state index contributed by atoms with van der Waals surface area (Å²) in [5.74, 6) is -0.452. The lowest BCUT2D eigenvalue weighted by atomic mass is 10.2. The minimum atomic E-state index is -0.452. The summed E-state index contributed by atoms with van der Waals surface area (Å²) in [6.07, 6.45) is 0. The Bertz CT molecular complexity index is 1040. The first-order valence-electron chi connectivity index (χ1n) is 9.38. The van der Waals surface area contributed by atoms with Crippen molar-refractivity contribution in [3.63, 3.8) is 0 Å². The minimum Gasteiger partial charge on any atom is -0.461 e. The second-order valence-corrected chi connectivity index (χ2v) is 8.88. The Kier molecular flexibility index (Phi) is 8.02. The molecular weight excluding hydrogens is 482 g/mol. The van der Waals surface area contributed by atoms with Crippen LogP contribution in [0.2, 0.25) is 5.02 Å². The molecule has 0 bridgehead atoms. The maximum absolute atomic E-state index is 12.5. The molecule has 0 fully saturated rings. The number of esters is 1. The molecule has 6 heteroatoms. The molecule has 0 radical (unpaired) electrons.